The van der Waals surface area contributed by atoms with Gasteiger partial charge in [0, 0.05) is 24.9 Å². The van der Waals surface area contributed by atoms with Gasteiger partial charge in [0.2, 0.25) is 0 Å². The van der Waals surface area contributed by atoms with Crippen LogP contribution in [0.1, 0.15) is 17.4 Å². The molecule has 0 aliphatic carbocycles. The van der Waals surface area contributed by atoms with Crippen molar-refractivity contribution >= 4 is 17.6 Å². The molecule has 26 heavy (non-hydrogen) atoms. The summed E-state index contributed by atoms with van der Waals surface area (Å²) in [6.07, 6.45) is 0.0272. The van der Waals surface area contributed by atoms with Crippen molar-refractivity contribution in [2.45, 2.75) is 19.1 Å². The highest BCUT2D eigenvalue weighted by Gasteiger charge is 2.33. The Morgan fingerprint density at radius 1 is 1.35 bits per heavy atom. The lowest BCUT2D eigenvalue weighted by Gasteiger charge is -2.34. The van der Waals surface area contributed by atoms with E-state index in [0.29, 0.717) is 5.69 Å². The van der Waals surface area contributed by atoms with Crippen LogP contribution in [0.5, 0.6) is 0 Å². The lowest BCUT2D eigenvalue weighted by Crippen LogP contribution is -2.51. The van der Waals surface area contributed by atoms with E-state index < -0.39 is 29.0 Å². The summed E-state index contributed by atoms with van der Waals surface area (Å²) >= 11 is 0. The third kappa shape index (κ3) is 3.54. The van der Waals surface area contributed by atoms with Crippen LogP contribution in [0.2, 0.25) is 0 Å². The van der Waals surface area contributed by atoms with Gasteiger partial charge < -0.3 is 14.7 Å². The Kier molecular flexibility index (Phi) is 4.67. The number of carbonyl (C=O) groups excluding carboxylic acids is 1. The van der Waals surface area contributed by atoms with Crippen LogP contribution in [0.3, 0.4) is 0 Å². The Labute approximate surface area is 147 Å². The molecular formula is C16H16N4O6. The first kappa shape index (κ1) is 17.5. The van der Waals surface area contributed by atoms with Gasteiger partial charge in [0.05, 0.1) is 23.3 Å². The lowest BCUT2D eigenvalue weighted by molar-refractivity contribution is -0.384. The smallest absolute Gasteiger partial charge is 0.334 e. The van der Waals surface area contributed by atoms with Gasteiger partial charge in [-0.1, -0.05) is 6.07 Å². The van der Waals surface area contributed by atoms with E-state index in [2.05, 4.69) is 5.10 Å². The Hall–Kier alpha value is -3.27. The highest BCUT2D eigenvalue weighted by Crippen LogP contribution is 2.18. The van der Waals surface area contributed by atoms with Gasteiger partial charge in [-0.2, -0.15) is 5.10 Å². The molecule has 2 aromatic rings. The maximum atomic E-state index is 12.6. The number of morpholine rings is 1. The first-order valence-electron chi connectivity index (χ1n) is 7.83. The Morgan fingerprint density at radius 3 is 2.81 bits per heavy atom. The van der Waals surface area contributed by atoms with Crippen molar-refractivity contribution in [3.63, 3.8) is 0 Å². The molecule has 1 aromatic heterocycles. The van der Waals surface area contributed by atoms with E-state index in [1.807, 2.05) is 0 Å². The lowest BCUT2D eigenvalue weighted by atomic mass is 10.2. The van der Waals surface area contributed by atoms with E-state index in [4.69, 9.17) is 9.84 Å². The Balaban J connectivity index is 1.81. The molecule has 1 aliphatic rings. The summed E-state index contributed by atoms with van der Waals surface area (Å²) in [5.41, 5.74) is 0.476. The zero-order chi connectivity index (χ0) is 18.8. The number of aromatic nitrogens is 2. The number of benzene rings is 1. The standard InChI is InChI=1S/C16H16N4O6/c1-10-8-18(9-14(26-10)16(22)23)15(21)13-5-6-19(17-13)11-3-2-4-12(7-11)20(24)25/h2-7,10,14H,8-9H2,1H3,(H,22,23)/t10-,14?/m1/s1. The van der Waals surface area contributed by atoms with Crippen molar-refractivity contribution in [2.75, 3.05) is 13.1 Å². The summed E-state index contributed by atoms with van der Waals surface area (Å²) in [6, 6.07) is 7.35. The van der Waals surface area contributed by atoms with Gasteiger partial charge >= 0.3 is 5.97 Å². The SMILES string of the molecule is C[C@@H]1CN(C(=O)c2ccn(-c3cccc([N+](=O)[O-])c3)n2)CC(C(=O)O)O1. The third-order valence-corrected chi connectivity index (χ3v) is 3.94. The number of carboxylic acids is 1. The van der Waals surface area contributed by atoms with Gasteiger partial charge in [-0.25, -0.2) is 9.48 Å². The molecule has 10 heteroatoms. The average Bonchev–Trinajstić information content (AvgIpc) is 3.10. The largest absolute Gasteiger partial charge is 0.479 e. The van der Waals surface area contributed by atoms with E-state index in [-0.39, 0.29) is 24.5 Å². The van der Waals surface area contributed by atoms with Crippen molar-refractivity contribution in [3.05, 3.63) is 52.3 Å². The maximum Gasteiger partial charge on any atom is 0.334 e. The molecule has 1 N–H and O–H groups in total. The molecule has 1 fully saturated rings. The maximum absolute atomic E-state index is 12.6. The van der Waals surface area contributed by atoms with Crippen LogP contribution in [-0.2, 0) is 9.53 Å². The molecule has 0 radical (unpaired) electrons. The molecular weight excluding hydrogens is 344 g/mol. The normalized spacial score (nSPS) is 20.0. The summed E-state index contributed by atoms with van der Waals surface area (Å²) in [6.45, 7) is 1.88. The number of hydrogen-bond acceptors (Lipinski definition) is 6. The van der Waals surface area contributed by atoms with Crippen molar-refractivity contribution in [1.82, 2.24) is 14.7 Å². The molecule has 2 heterocycles. The van der Waals surface area contributed by atoms with Crippen LogP contribution in [0.4, 0.5) is 5.69 Å². The van der Waals surface area contributed by atoms with Crippen LogP contribution in [0.15, 0.2) is 36.5 Å². The average molecular weight is 360 g/mol. The van der Waals surface area contributed by atoms with Gasteiger partial charge in [-0.15, -0.1) is 0 Å². The minimum absolute atomic E-state index is 0.0673. The number of amides is 1. The van der Waals surface area contributed by atoms with Crippen molar-refractivity contribution < 1.29 is 24.4 Å². The topological polar surface area (TPSA) is 128 Å². The summed E-state index contributed by atoms with van der Waals surface area (Å²) in [5, 5.41) is 24.2. The first-order chi connectivity index (χ1) is 12.3. The molecule has 1 aliphatic heterocycles. The number of nitro groups is 1. The fourth-order valence-corrected chi connectivity index (χ4v) is 2.75. The highest BCUT2D eigenvalue weighted by atomic mass is 16.6. The Bertz CT molecular complexity index is 864. The predicted molar refractivity (Wildman–Crippen MR) is 88.1 cm³/mol. The molecule has 0 bridgehead atoms. The number of non-ortho nitro benzene ring substituents is 1. The molecule has 0 spiro atoms. The molecule has 1 unspecified atom stereocenters. The van der Waals surface area contributed by atoms with Crippen molar-refractivity contribution in [3.8, 4) is 5.69 Å². The molecule has 1 saturated heterocycles. The van der Waals surface area contributed by atoms with Crippen molar-refractivity contribution in [2.24, 2.45) is 0 Å². The fraction of sp³-hybridized carbons (Fsp3) is 0.312. The van der Waals surface area contributed by atoms with Crippen LogP contribution < -0.4 is 0 Å². The number of carbonyl (C=O) groups is 2. The van der Waals surface area contributed by atoms with Gasteiger partial charge in [-0.05, 0) is 19.1 Å². The molecule has 2 atom stereocenters. The quantitative estimate of drug-likeness (QED) is 0.638. The van der Waals surface area contributed by atoms with Gasteiger partial charge in [0.1, 0.15) is 0 Å². The zero-order valence-corrected chi connectivity index (χ0v) is 13.8. The second kappa shape index (κ2) is 6.92. The number of rotatable bonds is 4. The summed E-state index contributed by atoms with van der Waals surface area (Å²) in [7, 11) is 0. The monoisotopic (exact) mass is 360 g/mol. The molecule has 0 saturated carbocycles. The minimum atomic E-state index is -1.13. The van der Waals surface area contributed by atoms with Gasteiger partial charge in [-0.3, -0.25) is 14.9 Å². The van der Waals surface area contributed by atoms with Gasteiger partial charge in [0.15, 0.2) is 11.8 Å². The summed E-state index contributed by atoms with van der Waals surface area (Å²) in [5.74, 6) is -1.55. The number of hydrogen-bond donors (Lipinski definition) is 1. The second-order valence-corrected chi connectivity index (χ2v) is 5.91. The number of carboxylic acid groups (broad SMARTS) is 1. The molecule has 3 rings (SSSR count). The molecule has 1 aromatic carbocycles. The first-order valence-corrected chi connectivity index (χ1v) is 7.83. The molecule has 10 nitrogen and oxygen atoms in total. The van der Waals surface area contributed by atoms with E-state index in [9.17, 15) is 19.7 Å². The number of ether oxygens (including phenoxy) is 1. The van der Waals surface area contributed by atoms with E-state index in [1.165, 1.54) is 40.0 Å². The van der Waals surface area contributed by atoms with E-state index in [1.54, 1.807) is 13.0 Å². The van der Waals surface area contributed by atoms with E-state index >= 15 is 0 Å². The molecule has 136 valence electrons. The van der Waals surface area contributed by atoms with Crippen LogP contribution in [0.25, 0.3) is 5.69 Å². The zero-order valence-electron chi connectivity index (χ0n) is 13.8. The van der Waals surface area contributed by atoms with Crippen molar-refractivity contribution in [1.29, 1.82) is 0 Å². The number of aliphatic carboxylic acids is 1. The Morgan fingerprint density at radius 2 is 2.12 bits per heavy atom. The summed E-state index contributed by atoms with van der Waals surface area (Å²) in [4.78, 5) is 35.5. The van der Waals surface area contributed by atoms with Gasteiger partial charge in [0.25, 0.3) is 11.6 Å². The van der Waals surface area contributed by atoms with Crippen LogP contribution in [-0.4, -0.2) is 61.9 Å². The van der Waals surface area contributed by atoms with E-state index in [0.717, 1.165) is 0 Å². The fourth-order valence-electron chi connectivity index (χ4n) is 2.75. The number of nitrogens with zero attached hydrogens (tertiary/aromatic N) is 4. The number of nitro benzene ring substituents is 1. The second-order valence-electron chi connectivity index (χ2n) is 5.91. The third-order valence-electron chi connectivity index (χ3n) is 3.94. The molecule has 1 amide bonds. The minimum Gasteiger partial charge on any atom is -0.479 e. The predicted octanol–water partition coefficient (Wildman–Crippen LogP) is 1.09. The van der Waals surface area contributed by atoms with Crippen LogP contribution >= 0.6 is 0 Å². The summed E-state index contributed by atoms with van der Waals surface area (Å²) < 4.78 is 6.65. The van der Waals surface area contributed by atoms with Crippen LogP contribution in [0, 0.1) is 10.1 Å². The highest BCUT2D eigenvalue weighted by molar-refractivity contribution is 5.92.